The van der Waals surface area contributed by atoms with E-state index in [0.717, 1.165) is 0 Å². The predicted octanol–water partition coefficient (Wildman–Crippen LogP) is 15.7. The fraction of sp³-hybridized carbons (Fsp3) is 0.0286. The van der Waals surface area contributed by atoms with Gasteiger partial charge in [0.2, 0.25) is 0 Å². The molecule has 0 bridgehead atoms. The van der Waals surface area contributed by atoms with Gasteiger partial charge >= 0.3 is 55.4 Å². The molecule has 376 valence electrons. The smallest absolute Gasteiger partial charge is 0.146 e. The average Bonchev–Trinajstić information content (AvgIpc) is 3.49. The summed E-state index contributed by atoms with van der Waals surface area (Å²) >= 11 is 0. The molecule has 15 rings (SSSR count). The quantitative estimate of drug-likeness (QED) is 0.0512. The molecule has 6 heteroatoms. The van der Waals surface area contributed by atoms with Crippen molar-refractivity contribution in [2.24, 2.45) is 0 Å². The molecule has 1 aliphatic heterocycles. The van der Waals surface area contributed by atoms with E-state index in [1.807, 2.05) is 12.1 Å². The summed E-state index contributed by atoms with van der Waals surface area (Å²) in [6.07, 6.45) is 0. The molecule has 1 fully saturated rings. The van der Waals surface area contributed by atoms with Gasteiger partial charge in [-0.05, 0) is 80.0 Å². The number of alkyl halides is 4. The van der Waals surface area contributed by atoms with Crippen LogP contribution in [-0.4, -0.2) is 10.7 Å². The van der Waals surface area contributed by atoms with Crippen molar-refractivity contribution in [1.82, 2.24) is 0 Å². The second-order valence-corrected chi connectivity index (χ2v) is 24.5. The van der Waals surface area contributed by atoms with Crippen molar-refractivity contribution in [1.29, 1.82) is 0 Å². The largest absolute Gasteiger partial charge is 1.00 e. The van der Waals surface area contributed by atoms with Gasteiger partial charge in [0, 0.05) is 0 Å². The van der Waals surface area contributed by atoms with E-state index in [1.54, 1.807) is 0 Å². The third-order valence-electron chi connectivity index (χ3n) is 13.0. The van der Waals surface area contributed by atoms with Crippen LogP contribution in [0.5, 0.6) is 0 Å². The predicted molar refractivity (Wildman–Crippen MR) is 318 cm³/mol. The molecule has 0 N–H and O–H groups in total. The molecule has 0 unspecified atom stereocenters. The fourth-order valence-electron chi connectivity index (χ4n) is 9.61. The van der Waals surface area contributed by atoms with Crippen molar-refractivity contribution in [3.63, 3.8) is 0 Å². The summed E-state index contributed by atoms with van der Waals surface area (Å²) in [6.45, 7) is 0. The Bertz CT molecular complexity index is 3250. The van der Waals surface area contributed by atoms with E-state index < -0.39 is 15.8 Å². The van der Waals surface area contributed by atoms with E-state index in [0.29, 0.717) is 0 Å². The van der Waals surface area contributed by atoms with E-state index in [9.17, 15) is 0 Å². The van der Waals surface area contributed by atoms with Crippen LogP contribution in [0.2, 0.25) is 0 Å². The Kier molecular flexibility index (Phi) is 19.8. The van der Waals surface area contributed by atoms with Crippen molar-refractivity contribution >= 4 is 112 Å². The van der Waals surface area contributed by atoms with Gasteiger partial charge in [0.05, 0.1) is 0 Å². The zero-order chi connectivity index (χ0) is 49.7. The number of rotatable bonds is 6. The van der Waals surface area contributed by atoms with E-state index >= 15 is 0 Å². The topological polar surface area (TPSA) is 0 Å². The van der Waals surface area contributed by atoms with Gasteiger partial charge in [-0.15, -0.1) is 70.1 Å². The Hall–Kier alpha value is -5.92. The monoisotopic (exact) mass is 1420 g/mol. The van der Waals surface area contributed by atoms with E-state index in [2.05, 4.69) is 313 Å². The molecule has 14 aromatic carbocycles. The summed E-state index contributed by atoms with van der Waals surface area (Å²) < 4.78 is 0. The summed E-state index contributed by atoms with van der Waals surface area (Å²) in [4.78, 5) is 0. The molecule has 0 saturated carbocycles. The molecule has 1 saturated heterocycles. The molecule has 1 heterocycles. The fourth-order valence-corrected chi connectivity index (χ4v) is 14.8. The molecule has 0 aliphatic carbocycles. The zero-order valence-corrected chi connectivity index (χ0v) is 49.0. The van der Waals surface area contributed by atoms with Gasteiger partial charge in [-0.2, -0.15) is 0 Å². The van der Waals surface area contributed by atoms with Gasteiger partial charge in [-0.3, -0.25) is 0 Å². The van der Waals surface area contributed by atoms with Gasteiger partial charge in [0.15, 0.2) is 0 Å². The number of benzene rings is 14. The zero-order valence-electron chi connectivity index (χ0n) is 41.4. The molecule has 0 nitrogen and oxygen atoms in total. The van der Waals surface area contributed by atoms with Crippen LogP contribution < -0.4 is 31.8 Å². The molecular weight excluding hydrogens is 1370 g/mol. The Morgan fingerprint density at radius 3 is 0.697 bits per heavy atom. The van der Waals surface area contributed by atoms with Crippen molar-refractivity contribution in [3.05, 3.63) is 303 Å². The van der Waals surface area contributed by atoms with Crippen LogP contribution in [0.1, 0.15) is 0 Å². The normalized spacial score (nSPS) is 11.5. The van der Waals surface area contributed by atoms with Crippen LogP contribution in [-0.2, 0) is 44.8 Å². The second-order valence-electron chi connectivity index (χ2n) is 17.7. The van der Waals surface area contributed by atoms with Crippen LogP contribution in [0.3, 0.4) is 0 Å². The van der Waals surface area contributed by atoms with Crippen LogP contribution in [0.15, 0.2) is 291 Å². The van der Waals surface area contributed by atoms with Gasteiger partial charge in [0.1, 0.15) is 0 Å². The molecule has 0 aromatic heterocycles. The van der Waals surface area contributed by atoms with Crippen molar-refractivity contribution in [2.45, 2.75) is 0 Å². The van der Waals surface area contributed by atoms with Crippen LogP contribution in [0.4, 0.5) is 0 Å². The SMILES string of the molecule is C1[Cl+]C[Cl+]1.[Au+].[Au+].[c-]1ccc2ccc3cccc4ccc1c2c43.[c-]1ccc2ccc3cccc4ccc1c2c43.c1ccc(P(c2ccccc2)c2ccccc2)cc1.c1ccc(P(c2ccccc2)c2ccccc2)cc1. The van der Waals surface area contributed by atoms with Gasteiger partial charge in [0.25, 0.3) is 21.6 Å². The molecular formula is C70H52Au2Cl2P2+2. The summed E-state index contributed by atoms with van der Waals surface area (Å²) in [5.41, 5.74) is 0. The minimum absolute atomic E-state index is 0. The Labute approximate surface area is 488 Å². The molecule has 0 radical (unpaired) electrons. The molecule has 76 heavy (non-hydrogen) atoms. The number of hydrogen-bond acceptors (Lipinski definition) is 0. The van der Waals surface area contributed by atoms with Crippen molar-refractivity contribution in [2.75, 3.05) is 10.7 Å². The molecule has 0 amide bonds. The van der Waals surface area contributed by atoms with E-state index in [4.69, 9.17) is 0 Å². The van der Waals surface area contributed by atoms with Crippen LogP contribution in [0.25, 0.3) is 64.6 Å². The second kappa shape index (κ2) is 27.4. The summed E-state index contributed by atoms with van der Waals surface area (Å²) in [5.74, 6) is 0. The first-order chi connectivity index (χ1) is 36.8. The Balaban J connectivity index is 0.000000120. The molecule has 0 atom stereocenters. The average molecular weight is 1420 g/mol. The summed E-state index contributed by atoms with van der Waals surface area (Å²) in [6, 6.07) is 110. The molecule has 14 aromatic rings. The Morgan fingerprint density at radius 1 is 0.237 bits per heavy atom. The van der Waals surface area contributed by atoms with Gasteiger partial charge < -0.3 is 0 Å². The van der Waals surface area contributed by atoms with E-state index in [1.165, 1.54) is 107 Å². The first-order valence-corrected chi connectivity index (χ1v) is 29.6. The first-order valence-electron chi connectivity index (χ1n) is 24.8. The Morgan fingerprint density at radius 2 is 0.461 bits per heavy atom. The maximum absolute atomic E-state index is 3.31. The maximum Gasteiger partial charge on any atom is 1.00 e. The van der Waals surface area contributed by atoms with Gasteiger partial charge in [-0.25, -0.2) is 0 Å². The minimum Gasteiger partial charge on any atom is -0.146 e. The van der Waals surface area contributed by atoms with Crippen molar-refractivity contribution in [3.8, 4) is 0 Å². The third-order valence-corrected chi connectivity index (χ3v) is 20.2. The first kappa shape index (κ1) is 54.9. The third kappa shape index (κ3) is 12.9. The standard InChI is InChI=1S/2C18H15P.2C16H9.C2H4Cl2.2Au/c2*1-4-10-16(11-5-1)19(17-12-6-2-7-13-17)18-14-8-3-9-15-18;2*1-3-11-7-9-13-5-2-6-14-10-8-12(4-1)15(11)16(13)14;1-3-2-4-1;;/h2*1-15H;2*1-5,7-10H;1-2H2;;/q;;2*-1;+2;2*+1. The van der Waals surface area contributed by atoms with Crippen LogP contribution >= 0.6 is 15.8 Å². The number of hydrogen-bond donors (Lipinski definition) is 0. The van der Waals surface area contributed by atoms with Crippen molar-refractivity contribution < 1.29 is 66.4 Å². The molecule has 0 spiro atoms. The molecule has 1 aliphatic rings. The summed E-state index contributed by atoms with van der Waals surface area (Å²) in [7, 11) is 3.77. The minimum atomic E-state index is -0.446. The van der Waals surface area contributed by atoms with Gasteiger partial charge in [-0.1, -0.05) is 266 Å². The number of halogens is 2. The maximum atomic E-state index is 3.31. The summed E-state index contributed by atoms with van der Waals surface area (Å²) in [5, 5.41) is 26.6. The van der Waals surface area contributed by atoms with E-state index in [-0.39, 0.29) is 44.8 Å². The van der Waals surface area contributed by atoms with Crippen LogP contribution in [0, 0.1) is 33.7 Å².